The van der Waals surface area contributed by atoms with E-state index >= 15 is 0 Å². The molecule has 2 fully saturated rings. The van der Waals surface area contributed by atoms with Crippen LogP contribution in [0.5, 0.6) is 0 Å². The van der Waals surface area contributed by atoms with E-state index < -0.39 is 0 Å². The van der Waals surface area contributed by atoms with E-state index in [2.05, 4.69) is 29.8 Å². The first kappa shape index (κ1) is 11.9. The minimum atomic E-state index is 0.496. The largest absolute Gasteiger partial charge is 0.374 e. The van der Waals surface area contributed by atoms with Crippen molar-refractivity contribution in [1.82, 2.24) is 0 Å². The second-order valence-corrected chi connectivity index (χ2v) is 7.16. The van der Waals surface area contributed by atoms with Gasteiger partial charge < -0.3 is 4.74 Å². The molecule has 0 bridgehead atoms. The number of halogens is 1. The lowest BCUT2D eigenvalue weighted by Gasteiger charge is -2.35. The minimum Gasteiger partial charge on any atom is -0.374 e. The van der Waals surface area contributed by atoms with E-state index in [4.69, 9.17) is 4.74 Å². The van der Waals surface area contributed by atoms with Crippen LogP contribution in [0.2, 0.25) is 0 Å². The molecule has 0 heterocycles. The summed E-state index contributed by atoms with van der Waals surface area (Å²) in [6, 6.07) is 0. The standard InChI is InChI=1S/C13H23BrO/c1-13(2)8-6-10(7-9-13)15-12-5-3-4-11(12)14/h10-12H,3-9H2,1-2H3. The number of alkyl halides is 1. The van der Waals surface area contributed by atoms with Crippen molar-refractivity contribution in [1.29, 1.82) is 0 Å². The van der Waals surface area contributed by atoms with E-state index in [0.29, 0.717) is 22.5 Å². The Labute approximate surface area is 102 Å². The Balaban J connectivity index is 1.77. The second kappa shape index (κ2) is 4.75. The maximum atomic E-state index is 6.21. The van der Waals surface area contributed by atoms with Gasteiger partial charge in [0.25, 0.3) is 0 Å². The van der Waals surface area contributed by atoms with Gasteiger partial charge >= 0.3 is 0 Å². The number of hydrogen-bond acceptors (Lipinski definition) is 1. The average Bonchev–Trinajstić information content (AvgIpc) is 2.56. The smallest absolute Gasteiger partial charge is 0.0703 e. The first-order valence-corrected chi connectivity index (χ1v) is 7.28. The Morgan fingerprint density at radius 1 is 1.07 bits per heavy atom. The summed E-state index contributed by atoms with van der Waals surface area (Å²) >= 11 is 3.73. The lowest BCUT2D eigenvalue weighted by atomic mass is 9.76. The molecule has 2 saturated carbocycles. The van der Waals surface area contributed by atoms with Gasteiger partial charge in [0, 0.05) is 4.83 Å². The van der Waals surface area contributed by atoms with Gasteiger partial charge in [-0.05, 0) is 50.4 Å². The highest BCUT2D eigenvalue weighted by Crippen LogP contribution is 2.38. The monoisotopic (exact) mass is 274 g/mol. The summed E-state index contributed by atoms with van der Waals surface area (Å²) < 4.78 is 6.21. The van der Waals surface area contributed by atoms with Crippen molar-refractivity contribution >= 4 is 15.9 Å². The van der Waals surface area contributed by atoms with Crippen molar-refractivity contribution in [2.24, 2.45) is 5.41 Å². The van der Waals surface area contributed by atoms with Gasteiger partial charge in [0.1, 0.15) is 0 Å². The zero-order chi connectivity index (χ0) is 10.9. The molecule has 2 aliphatic rings. The topological polar surface area (TPSA) is 9.23 Å². The third kappa shape index (κ3) is 3.20. The van der Waals surface area contributed by atoms with Crippen molar-refractivity contribution in [3.05, 3.63) is 0 Å². The minimum absolute atomic E-state index is 0.496. The average molecular weight is 275 g/mol. The molecule has 1 nitrogen and oxygen atoms in total. The van der Waals surface area contributed by atoms with Crippen LogP contribution < -0.4 is 0 Å². The van der Waals surface area contributed by atoms with Crippen molar-refractivity contribution in [2.75, 3.05) is 0 Å². The maximum Gasteiger partial charge on any atom is 0.0703 e. The maximum absolute atomic E-state index is 6.21. The van der Waals surface area contributed by atoms with Crippen molar-refractivity contribution < 1.29 is 4.74 Å². The van der Waals surface area contributed by atoms with Gasteiger partial charge in [-0.3, -0.25) is 0 Å². The summed E-state index contributed by atoms with van der Waals surface area (Å²) in [5, 5.41) is 0. The molecule has 0 aliphatic heterocycles. The number of rotatable bonds is 2. The van der Waals surface area contributed by atoms with Crippen LogP contribution in [0, 0.1) is 5.41 Å². The third-order valence-corrected chi connectivity index (χ3v) is 5.07. The van der Waals surface area contributed by atoms with Crippen LogP contribution in [0.25, 0.3) is 0 Å². The summed E-state index contributed by atoms with van der Waals surface area (Å²) in [6.45, 7) is 4.76. The van der Waals surface area contributed by atoms with Crippen molar-refractivity contribution in [2.45, 2.75) is 75.8 Å². The Bertz CT molecular complexity index is 205. The molecule has 0 aromatic rings. The zero-order valence-corrected chi connectivity index (χ0v) is 11.6. The molecule has 0 aromatic heterocycles. The highest BCUT2D eigenvalue weighted by Gasteiger charge is 2.32. The van der Waals surface area contributed by atoms with Gasteiger partial charge in [-0.1, -0.05) is 29.8 Å². The molecule has 0 aromatic carbocycles. The summed E-state index contributed by atoms with van der Waals surface area (Å²) in [4.78, 5) is 0.618. The number of ether oxygens (including phenoxy) is 1. The molecule has 15 heavy (non-hydrogen) atoms. The van der Waals surface area contributed by atoms with Crippen molar-refractivity contribution in [3.8, 4) is 0 Å². The van der Waals surface area contributed by atoms with E-state index in [9.17, 15) is 0 Å². The molecular formula is C13H23BrO. The predicted octanol–water partition coefficient (Wildman–Crippen LogP) is 4.29. The van der Waals surface area contributed by atoms with E-state index in [1.54, 1.807) is 0 Å². The highest BCUT2D eigenvalue weighted by molar-refractivity contribution is 9.09. The van der Waals surface area contributed by atoms with E-state index in [0.717, 1.165) is 0 Å². The van der Waals surface area contributed by atoms with Gasteiger partial charge in [0.2, 0.25) is 0 Å². The normalized spacial score (nSPS) is 37.0. The molecule has 0 N–H and O–H groups in total. The summed E-state index contributed by atoms with van der Waals surface area (Å²) in [5.74, 6) is 0. The molecule has 2 aliphatic carbocycles. The van der Waals surface area contributed by atoms with Gasteiger partial charge in [-0.25, -0.2) is 0 Å². The van der Waals surface area contributed by atoms with Crippen LogP contribution in [0.3, 0.4) is 0 Å². The van der Waals surface area contributed by atoms with Crippen LogP contribution in [-0.4, -0.2) is 17.0 Å². The molecule has 0 amide bonds. The number of hydrogen-bond donors (Lipinski definition) is 0. The Morgan fingerprint density at radius 3 is 2.27 bits per heavy atom. The van der Waals surface area contributed by atoms with E-state index in [-0.39, 0.29) is 0 Å². The van der Waals surface area contributed by atoms with Gasteiger partial charge in [0.05, 0.1) is 12.2 Å². The molecule has 2 heteroatoms. The summed E-state index contributed by atoms with van der Waals surface area (Å²) in [5.41, 5.74) is 0.559. The molecular weight excluding hydrogens is 252 g/mol. The first-order chi connectivity index (χ1) is 7.07. The second-order valence-electron chi connectivity index (χ2n) is 5.99. The SMILES string of the molecule is CC1(C)CCC(OC2CCCC2Br)CC1. The summed E-state index contributed by atoms with van der Waals surface area (Å²) in [6.07, 6.45) is 10.1. The summed E-state index contributed by atoms with van der Waals surface area (Å²) in [7, 11) is 0. The van der Waals surface area contributed by atoms with E-state index in [1.807, 2.05) is 0 Å². The molecule has 88 valence electrons. The Hall–Kier alpha value is 0.440. The quantitative estimate of drug-likeness (QED) is 0.683. The van der Waals surface area contributed by atoms with Gasteiger partial charge in [0.15, 0.2) is 0 Å². The predicted molar refractivity (Wildman–Crippen MR) is 67.5 cm³/mol. The Morgan fingerprint density at radius 2 is 1.73 bits per heavy atom. The van der Waals surface area contributed by atoms with Crippen molar-refractivity contribution in [3.63, 3.8) is 0 Å². The van der Waals surface area contributed by atoms with Gasteiger partial charge in [-0.15, -0.1) is 0 Å². The lowest BCUT2D eigenvalue weighted by molar-refractivity contribution is -0.0391. The lowest BCUT2D eigenvalue weighted by Crippen LogP contribution is -2.31. The third-order valence-electron chi connectivity index (χ3n) is 4.03. The van der Waals surface area contributed by atoms with Crippen LogP contribution in [-0.2, 0) is 4.74 Å². The highest BCUT2D eigenvalue weighted by atomic mass is 79.9. The Kier molecular flexibility index (Phi) is 3.77. The van der Waals surface area contributed by atoms with Crippen LogP contribution in [0.4, 0.5) is 0 Å². The first-order valence-electron chi connectivity index (χ1n) is 6.36. The molecule has 2 unspecified atom stereocenters. The molecule has 2 rings (SSSR count). The molecule has 0 spiro atoms. The van der Waals surface area contributed by atoms with Gasteiger partial charge in [-0.2, -0.15) is 0 Å². The van der Waals surface area contributed by atoms with Crippen LogP contribution >= 0.6 is 15.9 Å². The fourth-order valence-electron chi connectivity index (χ4n) is 2.79. The van der Waals surface area contributed by atoms with E-state index in [1.165, 1.54) is 44.9 Å². The van der Waals surface area contributed by atoms with Crippen LogP contribution in [0.15, 0.2) is 0 Å². The molecule has 2 atom stereocenters. The fourth-order valence-corrected chi connectivity index (χ4v) is 3.50. The zero-order valence-electron chi connectivity index (χ0n) is 9.97. The fraction of sp³-hybridized carbons (Fsp3) is 1.00. The molecule has 0 radical (unpaired) electrons. The molecule has 0 saturated heterocycles. The van der Waals surface area contributed by atoms with Crippen LogP contribution in [0.1, 0.15) is 58.8 Å².